The van der Waals surface area contributed by atoms with Gasteiger partial charge in [-0.3, -0.25) is 0 Å². The van der Waals surface area contributed by atoms with E-state index in [9.17, 15) is 4.79 Å². The number of hydrogen-bond donors (Lipinski definition) is 1. The van der Waals surface area contributed by atoms with Crippen LogP contribution in [-0.4, -0.2) is 31.5 Å². The van der Waals surface area contributed by atoms with Gasteiger partial charge in [0.15, 0.2) is 0 Å². The molecule has 0 saturated carbocycles. The van der Waals surface area contributed by atoms with Crippen molar-refractivity contribution in [3.05, 3.63) is 0 Å². The molecule has 0 aromatic rings. The summed E-state index contributed by atoms with van der Waals surface area (Å²) in [6.45, 7) is 9.77. The fraction of sp³-hybridized carbons (Fsp3) is 0.917. The quantitative estimate of drug-likeness (QED) is 0.685. The van der Waals surface area contributed by atoms with Crippen LogP contribution in [0.5, 0.6) is 0 Å². The number of alkyl carbamates (subject to hydrolysis) is 1. The Balaban J connectivity index is 3.28. The molecule has 0 radical (unpaired) electrons. The molecule has 4 nitrogen and oxygen atoms in total. The molecule has 0 atom stereocenters. The number of nitrogens with one attached hydrogen (secondary N) is 1. The summed E-state index contributed by atoms with van der Waals surface area (Å²) in [5.41, 5.74) is -0.429. The normalized spacial score (nSPS) is 11.2. The summed E-state index contributed by atoms with van der Waals surface area (Å²) in [6, 6.07) is 0. The van der Waals surface area contributed by atoms with Gasteiger partial charge in [-0.2, -0.15) is 0 Å². The molecule has 0 spiro atoms. The third-order valence-electron chi connectivity index (χ3n) is 1.78. The molecule has 1 N–H and O–H groups in total. The van der Waals surface area contributed by atoms with Crippen LogP contribution in [0.25, 0.3) is 0 Å². The van der Waals surface area contributed by atoms with Crippen molar-refractivity contribution in [2.75, 3.05) is 19.8 Å². The molecule has 96 valence electrons. The van der Waals surface area contributed by atoms with Crippen molar-refractivity contribution >= 4 is 6.09 Å². The first kappa shape index (κ1) is 15.2. The molecule has 0 aromatic carbocycles. The summed E-state index contributed by atoms with van der Waals surface area (Å²) >= 11 is 0. The minimum atomic E-state index is -0.429. The Kier molecular flexibility index (Phi) is 7.99. The number of carbonyl (C=O) groups excluding carboxylic acids is 1. The number of carbonyl (C=O) groups is 1. The van der Waals surface area contributed by atoms with Gasteiger partial charge >= 0.3 is 6.09 Å². The van der Waals surface area contributed by atoms with E-state index in [4.69, 9.17) is 9.47 Å². The van der Waals surface area contributed by atoms with E-state index in [2.05, 4.69) is 12.2 Å². The number of rotatable bonds is 7. The van der Waals surface area contributed by atoms with Crippen molar-refractivity contribution in [3.63, 3.8) is 0 Å². The molecule has 0 aliphatic carbocycles. The van der Waals surface area contributed by atoms with E-state index in [0.29, 0.717) is 13.2 Å². The maximum atomic E-state index is 11.2. The molecule has 0 bridgehead atoms. The highest BCUT2D eigenvalue weighted by Gasteiger charge is 2.15. The molecule has 0 fully saturated rings. The molecule has 0 aliphatic rings. The monoisotopic (exact) mass is 231 g/mol. The van der Waals surface area contributed by atoms with Crippen LogP contribution in [0.3, 0.4) is 0 Å². The van der Waals surface area contributed by atoms with Crippen molar-refractivity contribution < 1.29 is 14.3 Å². The van der Waals surface area contributed by atoms with Crippen molar-refractivity contribution in [2.45, 2.75) is 52.6 Å². The molecule has 0 aliphatic heterocycles. The zero-order valence-corrected chi connectivity index (χ0v) is 11.0. The van der Waals surface area contributed by atoms with E-state index in [0.717, 1.165) is 25.9 Å². The predicted octanol–water partition coefficient (Wildman–Crippen LogP) is 2.72. The number of hydrogen-bond acceptors (Lipinski definition) is 3. The van der Waals surface area contributed by atoms with Gasteiger partial charge < -0.3 is 14.8 Å². The smallest absolute Gasteiger partial charge is 0.407 e. The van der Waals surface area contributed by atoms with Crippen molar-refractivity contribution in [1.29, 1.82) is 0 Å². The average Bonchev–Trinajstić information content (AvgIpc) is 2.13. The average molecular weight is 231 g/mol. The second-order valence-corrected chi connectivity index (χ2v) is 4.75. The van der Waals surface area contributed by atoms with Crippen LogP contribution in [0.2, 0.25) is 0 Å². The topological polar surface area (TPSA) is 47.6 Å². The van der Waals surface area contributed by atoms with Crippen LogP contribution in [0.1, 0.15) is 47.0 Å². The van der Waals surface area contributed by atoms with Crippen molar-refractivity contribution in [1.82, 2.24) is 5.32 Å². The Morgan fingerprint density at radius 1 is 1.19 bits per heavy atom. The third kappa shape index (κ3) is 11.3. The summed E-state index contributed by atoms with van der Waals surface area (Å²) in [5.74, 6) is 0. The lowest BCUT2D eigenvalue weighted by Crippen LogP contribution is -2.33. The second-order valence-electron chi connectivity index (χ2n) is 4.75. The summed E-state index contributed by atoms with van der Waals surface area (Å²) in [6.07, 6.45) is 2.71. The fourth-order valence-electron chi connectivity index (χ4n) is 1.03. The Hall–Kier alpha value is -0.770. The molecular formula is C12H25NO3. The van der Waals surface area contributed by atoms with Crippen LogP contribution in [-0.2, 0) is 9.47 Å². The highest BCUT2D eigenvalue weighted by molar-refractivity contribution is 5.67. The molecule has 0 heterocycles. The zero-order valence-electron chi connectivity index (χ0n) is 11.0. The van der Waals surface area contributed by atoms with Crippen LogP contribution in [0.4, 0.5) is 4.79 Å². The summed E-state index contributed by atoms with van der Waals surface area (Å²) in [4.78, 5) is 11.2. The Morgan fingerprint density at radius 3 is 2.38 bits per heavy atom. The maximum Gasteiger partial charge on any atom is 0.407 e. The van der Waals surface area contributed by atoms with E-state index < -0.39 is 5.60 Å². The third-order valence-corrected chi connectivity index (χ3v) is 1.78. The lowest BCUT2D eigenvalue weighted by Gasteiger charge is -2.19. The van der Waals surface area contributed by atoms with Crippen molar-refractivity contribution in [2.24, 2.45) is 0 Å². The minimum absolute atomic E-state index is 0.360. The Labute approximate surface area is 98.7 Å². The van der Waals surface area contributed by atoms with Gasteiger partial charge in [-0.1, -0.05) is 13.3 Å². The summed E-state index contributed by atoms with van der Waals surface area (Å²) in [5, 5.41) is 2.69. The molecule has 0 rings (SSSR count). The number of unbranched alkanes of at least 4 members (excludes halogenated alkanes) is 1. The number of ether oxygens (including phenoxy) is 2. The summed E-state index contributed by atoms with van der Waals surface area (Å²) in [7, 11) is 0. The molecule has 16 heavy (non-hydrogen) atoms. The second kappa shape index (κ2) is 8.39. The zero-order chi connectivity index (χ0) is 12.4. The molecule has 0 aromatic heterocycles. The molecule has 4 heteroatoms. The van der Waals surface area contributed by atoms with Gasteiger partial charge in [-0.15, -0.1) is 0 Å². The van der Waals surface area contributed by atoms with Gasteiger partial charge in [0.25, 0.3) is 0 Å². The summed E-state index contributed by atoms with van der Waals surface area (Å²) < 4.78 is 10.5. The van der Waals surface area contributed by atoms with E-state index >= 15 is 0 Å². The standard InChI is InChI=1S/C12H25NO3/c1-5-6-9-15-10-7-8-13-11(14)16-12(2,3)4/h5-10H2,1-4H3,(H,13,14). The molecule has 0 unspecified atom stereocenters. The van der Waals surface area contributed by atoms with Crippen LogP contribution in [0.15, 0.2) is 0 Å². The minimum Gasteiger partial charge on any atom is -0.444 e. The Morgan fingerprint density at radius 2 is 1.81 bits per heavy atom. The Bertz CT molecular complexity index is 187. The predicted molar refractivity (Wildman–Crippen MR) is 64.6 cm³/mol. The van der Waals surface area contributed by atoms with Gasteiger partial charge in [0, 0.05) is 19.8 Å². The van der Waals surface area contributed by atoms with E-state index in [1.54, 1.807) is 0 Å². The molecule has 1 amide bonds. The van der Waals surface area contributed by atoms with Gasteiger partial charge in [0.1, 0.15) is 5.60 Å². The first-order valence-electron chi connectivity index (χ1n) is 6.00. The molecule has 0 saturated heterocycles. The largest absolute Gasteiger partial charge is 0.444 e. The van der Waals surface area contributed by atoms with Crippen LogP contribution >= 0.6 is 0 Å². The van der Waals surface area contributed by atoms with Gasteiger partial charge in [-0.25, -0.2) is 4.79 Å². The van der Waals surface area contributed by atoms with Crippen molar-refractivity contribution in [3.8, 4) is 0 Å². The fourth-order valence-corrected chi connectivity index (χ4v) is 1.03. The van der Waals surface area contributed by atoms with E-state index in [1.807, 2.05) is 20.8 Å². The maximum absolute atomic E-state index is 11.2. The number of amides is 1. The van der Waals surface area contributed by atoms with Gasteiger partial charge in [0.2, 0.25) is 0 Å². The lowest BCUT2D eigenvalue weighted by atomic mass is 10.2. The lowest BCUT2D eigenvalue weighted by molar-refractivity contribution is 0.0520. The first-order valence-corrected chi connectivity index (χ1v) is 6.00. The van der Waals surface area contributed by atoms with Gasteiger partial charge in [-0.05, 0) is 33.6 Å². The highest BCUT2D eigenvalue weighted by Crippen LogP contribution is 2.06. The van der Waals surface area contributed by atoms with Crippen LogP contribution < -0.4 is 5.32 Å². The van der Waals surface area contributed by atoms with Crippen LogP contribution in [0, 0.1) is 0 Å². The van der Waals surface area contributed by atoms with E-state index in [-0.39, 0.29) is 6.09 Å². The highest BCUT2D eigenvalue weighted by atomic mass is 16.6. The van der Waals surface area contributed by atoms with E-state index in [1.165, 1.54) is 0 Å². The molecular weight excluding hydrogens is 206 g/mol. The SMILES string of the molecule is CCCCOCCCNC(=O)OC(C)(C)C. The first-order chi connectivity index (χ1) is 7.45. The van der Waals surface area contributed by atoms with Gasteiger partial charge in [0.05, 0.1) is 0 Å².